The minimum atomic E-state index is -0.865. The van der Waals surface area contributed by atoms with Crippen LogP contribution in [0.15, 0.2) is 0 Å². The summed E-state index contributed by atoms with van der Waals surface area (Å²) >= 11 is 20.7. The highest BCUT2D eigenvalue weighted by molar-refractivity contribution is 7.89. The molecule has 0 aromatic heterocycles. The van der Waals surface area contributed by atoms with E-state index in [1.165, 1.54) is 0 Å². The zero-order valence-corrected chi connectivity index (χ0v) is 15.3. The first-order valence-electron chi connectivity index (χ1n) is 6.75. The van der Waals surface area contributed by atoms with E-state index in [0.29, 0.717) is 58.0 Å². The summed E-state index contributed by atoms with van der Waals surface area (Å²) in [6.45, 7) is 0. The van der Waals surface area contributed by atoms with Crippen molar-refractivity contribution >= 4 is 80.3 Å². The Labute approximate surface area is 151 Å². The molecule has 4 nitrogen and oxygen atoms in total. The number of carboxylic acids is 2. The van der Waals surface area contributed by atoms with Gasteiger partial charge in [0.2, 0.25) is 0 Å². The quantitative estimate of drug-likeness (QED) is 0.469. The molecule has 8 heteroatoms. The normalized spacial score (nSPS) is 10.0. The molecule has 0 rings (SSSR count). The Balaban J connectivity index is 3.94. The van der Waals surface area contributed by atoms with Crippen molar-refractivity contribution in [3.8, 4) is 0 Å². The Kier molecular flexibility index (Phi) is 11.4. The van der Waals surface area contributed by atoms with E-state index in [2.05, 4.69) is 0 Å². The summed E-state index contributed by atoms with van der Waals surface area (Å²) in [5.74, 6) is -1.73. The minimum Gasteiger partial charge on any atom is -0.481 e. The number of rotatable bonds is 13. The largest absolute Gasteiger partial charge is 0.481 e. The molecule has 122 valence electrons. The first-order chi connectivity index (χ1) is 10.2. The van der Waals surface area contributed by atoms with Crippen LogP contribution in [0.25, 0.3) is 0 Å². The molecule has 0 saturated heterocycles. The van der Waals surface area contributed by atoms with Crippen LogP contribution in [0.5, 0.6) is 0 Å². The van der Waals surface area contributed by atoms with E-state index in [-0.39, 0.29) is 12.8 Å². The molecule has 0 saturated carbocycles. The monoisotopic (exact) mass is 378 g/mol. The molecule has 0 amide bonds. The predicted molar refractivity (Wildman–Crippen MR) is 103 cm³/mol. The zero-order valence-electron chi connectivity index (χ0n) is 12.0. The van der Waals surface area contributed by atoms with E-state index in [4.69, 9.17) is 59.1 Å². The summed E-state index contributed by atoms with van der Waals surface area (Å²) in [5.41, 5.74) is 0. The molecule has 0 bridgehead atoms. The summed E-state index contributed by atoms with van der Waals surface area (Å²) in [6, 6.07) is 0. The standard InChI is InChI=1S/C14H18O4S4/c15-13(16)7-3-9(19)1-5-11(21)12(22)6-2-10(20)4-8-14(17)18/h1-8H2,(H,15,16)(H,17,18). The van der Waals surface area contributed by atoms with Gasteiger partial charge >= 0.3 is 11.9 Å². The summed E-state index contributed by atoms with van der Waals surface area (Å²) in [4.78, 5) is 23.5. The number of hydrogen-bond acceptors (Lipinski definition) is 6. The second kappa shape index (κ2) is 11.8. The van der Waals surface area contributed by atoms with E-state index in [9.17, 15) is 9.59 Å². The van der Waals surface area contributed by atoms with E-state index >= 15 is 0 Å². The Hall–Kier alpha value is -0.700. The Morgan fingerprint density at radius 1 is 0.545 bits per heavy atom. The third kappa shape index (κ3) is 11.9. The maximum absolute atomic E-state index is 10.4. The van der Waals surface area contributed by atoms with E-state index < -0.39 is 11.9 Å². The van der Waals surface area contributed by atoms with Gasteiger partial charge in [-0.3, -0.25) is 9.59 Å². The fourth-order valence-corrected chi connectivity index (χ4v) is 2.34. The van der Waals surface area contributed by atoms with Crippen LogP contribution in [-0.2, 0) is 9.59 Å². The van der Waals surface area contributed by atoms with Gasteiger partial charge in [0.15, 0.2) is 0 Å². The van der Waals surface area contributed by atoms with Crippen molar-refractivity contribution in [3.63, 3.8) is 0 Å². The van der Waals surface area contributed by atoms with Gasteiger partial charge < -0.3 is 10.2 Å². The highest BCUT2D eigenvalue weighted by Crippen LogP contribution is 2.09. The Bertz CT molecular complexity index is 441. The lowest BCUT2D eigenvalue weighted by molar-refractivity contribution is -0.137. The van der Waals surface area contributed by atoms with Gasteiger partial charge in [0, 0.05) is 22.6 Å². The average Bonchev–Trinajstić information content (AvgIpc) is 2.45. The lowest BCUT2D eigenvalue weighted by atomic mass is 10.0. The van der Waals surface area contributed by atoms with Gasteiger partial charge in [0.05, 0.1) is 0 Å². The molecule has 0 spiro atoms. The Morgan fingerprint density at radius 2 is 0.818 bits per heavy atom. The summed E-state index contributed by atoms with van der Waals surface area (Å²) in [5, 5.41) is 17.1. The van der Waals surface area contributed by atoms with E-state index in [1.807, 2.05) is 0 Å². The van der Waals surface area contributed by atoms with Crippen molar-refractivity contribution in [1.82, 2.24) is 0 Å². The van der Waals surface area contributed by atoms with Crippen molar-refractivity contribution in [2.45, 2.75) is 51.4 Å². The van der Waals surface area contributed by atoms with E-state index in [1.54, 1.807) is 0 Å². The van der Waals surface area contributed by atoms with Gasteiger partial charge in [-0.15, -0.1) is 0 Å². The van der Waals surface area contributed by atoms with Crippen LogP contribution in [0.1, 0.15) is 51.4 Å². The zero-order chi connectivity index (χ0) is 17.1. The average molecular weight is 379 g/mol. The highest BCUT2D eigenvalue weighted by Gasteiger charge is 2.09. The van der Waals surface area contributed by atoms with Crippen molar-refractivity contribution in [1.29, 1.82) is 0 Å². The highest BCUT2D eigenvalue weighted by atomic mass is 32.1. The summed E-state index contributed by atoms with van der Waals surface area (Å²) in [6.07, 6.45) is 3.04. The molecular weight excluding hydrogens is 360 g/mol. The number of carbonyl (C=O) groups is 2. The van der Waals surface area contributed by atoms with Crippen molar-refractivity contribution in [3.05, 3.63) is 0 Å². The third-order valence-electron chi connectivity index (χ3n) is 2.81. The van der Waals surface area contributed by atoms with Crippen LogP contribution >= 0.6 is 48.9 Å². The summed E-state index contributed by atoms with van der Waals surface area (Å²) in [7, 11) is 0. The third-order valence-corrected chi connectivity index (χ3v) is 4.65. The van der Waals surface area contributed by atoms with Gasteiger partial charge in [0.25, 0.3) is 0 Å². The van der Waals surface area contributed by atoms with Crippen LogP contribution in [0, 0.1) is 0 Å². The fourth-order valence-electron chi connectivity index (χ4n) is 1.53. The van der Waals surface area contributed by atoms with Crippen LogP contribution < -0.4 is 0 Å². The van der Waals surface area contributed by atoms with Gasteiger partial charge in [-0.25, -0.2) is 0 Å². The molecule has 0 unspecified atom stereocenters. The van der Waals surface area contributed by atoms with E-state index in [0.717, 1.165) is 0 Å². The minimum absolute atomic E-state index is 0.0356. The number of thiocarbonyl (C=S) groups is 4. The lowest BCUT2D eigenvalue weighted by Gasteiger charge is -2.07. The first kappa shape index (κ1) is 21.3. The number of hydrogen-bond donors (Lipinski definition) is 2. The van der Waals surface area contributed by atoms with Crippen LogP contribution in [0.3, 0.4) is 0 Å². The molecule has 0 aliphatic rings. The van der Waals surface area contributed by atoms with Gasteiger partial charge in [0.1, 0.15) is 0 Å². The lowest BCUT2D eigenvalue weighted by Crippen LogP contribution is -2.13. The molecule has 0 aliphatic carbocycles. The molecule has 0 radical (unpaired) electrons. The fraction of sp³-hybridized carbons (Fsp3) is 0.571. The number of carboxylic acid groups (broad SMARTS) is 2. The molecule has 0 aromatic rings. The first-order valence-corrected chi connectivity index (χ1v) is 8.38. The van der Waals surface area contributed by atoms with Crippen LogP contribution in [0.2, 0.25) is 0 Å². The van der Waals surface area contributed by atoms with Crippen LogP contribution in [-0.4, -0.2) is 41.6 Å². The summed E-state index contributed by atoms with van der Waals surface area (Å²) < 4.78 is 0. The number of aliphatic carboxylic acids is 2. The van der Waals surface area contributed by atoms with Crippen molar-refractivity contribution in [2.75, 3.05) is 0 Å². The predicted octanol–water partition coefficient (Wildman–Crippen LogP) is 3.76. The maximum atomic E-state index is 10.4. The Morgan fingerprint density at radius 3 is 1.09 bits per heavy atom. The van der Waals surface area contributed by atoms with Gasteiger partial charge in [-0.2, -0.15) is 0 Å². The maximum Gasteiger partial charge on any atom is 0.303 e. The molecule has 0 fully saturated rings. The second-order valence-corrected chi connectivity index (χ2v) is 6.85. The van der Waals surface area contributed by atoms with Crippen LogP contribution in [0.4, 0.5) is 0 Å². The van der Waals surface area contributed by atoms with Crippen molar-refractivity contribution in [2.24, 2.45) is 0 Å². The SMILES string of the molecule is O=C(O)CCC(=S)CCC(=S)C(=S)CCC(=S)CCC(=O)O. The smallest absolute Gasteiger partial charge is 0.303 e. The molecule has 0 atom stereocenters. The van der Waals surface area contributed by atoms with Gasteiger partial charge in [-0.1, -0.05) is 48.9 Å². The van der Waals surface area contributed by atoms with Crippen molar-refractivity contribution < 1.29 is 19.8 Å². The molecule has 22 heavy (non-hydrogen) atoms. The second-order valence-electron chi connectivity index (χ2n) is 4.71. The molecule has 2 N–H and O–H groups in total. The molecule has 0 heterocycles. The molecule has 0 aliphatic heterocycles. The van der Waals surface area contributed by atoms with Gasteiger partial charge in [-0.05, 0) is 48.3 Å². The molecule has 0 aromatic carbocycles. The topological polar surface area (TPSA) is 74.6 Å². The molecular formula is C14H18O4S4.